The molecule has 4 heteroatoms. The standard InChI is InChI=1S/C16H26ClN3/c1-4-5-18-15(13-7-11-6-12(11)8-13)9-14-10(2)19-20(3)16(14)17/h11-13,15,18H,4-9H2,1-3H3. The summed E-state index contributed by atoms with van der Waals surface area (Å²) in [7, 11) is 1.93. The van der Waals surface area contributed by atoms with Gasteiger partial charge < -0.3 is 5.32 Å². The highest BCUT2D eigenvalue weighted by molar-refractivity contribution is 6.30. The highest BCUT2D eigenvalue weighted by atomic mass is 35.5. The molecule has 0 spiro atoms. The van der Waals surface area contributed by atoms with E-state index < -0.39 is 0 Å². The Morgan fingerprint density at radius 1 is 1.35 bits per heavy atom. The number of fused-ring (bicyclic) bond motifs is 1. The van der Waals surface area contributed by atoms with Gasteiger partial charge in [-0.2, -0.15) is 5.10 Å². The Morgan fingerprint density at radius 3 is 2.60 bits per heavy atom. The molecule has 2 saturated carbocycles. The van der Waals surface area contributed by atoms with Crippen molar-refractivity contribution in [2.24, 2.45) is 24.8 Å². The number of hydrogen-bond donors (Lipinski definition) is 1. The smallest absolute Gasteiger partial charge is 0.130 e. The molecule has 1 heterocycles. The van der Waals surface area contributed by atoms with E-state index in [-0.39, 0.29) is 0 Å². The molecule has 0 radical (unpaired) electrons. The molecule has 3 unspecified atom stereocenters. The van der Waals surface area contributed by atoms with Gasteiger partial charge in [0.2, 0.25) is 0 Å². The molecular formula is C16H26ClN3. The van der Waals surface area contributed by atoms with Gasteiger partial charge in [-0.25, -0.2) is 0 Å². The molecule has 0 aromatic carbocycles. The van der Waals surface area contributed by atoms with Crippen LogP contribution in [0, 0.1) is 24.7 Å². The summed E-state index contributed by atoms with van der Waals surface area (Å²) in [6.07, 6.45) is 6.55. The maximum absolute atomic E-state index is 6.41. The van der Waals surface area contributed by atoms with Gasteiger partial charge >= 0.3 is 0 Å². The van der Waals surface area contributed by atoms with Crippen LogP contribution in [-0.2, 0) is 13.5 Å². The van der Waals surface area contributed by atoms with Gasteiger partial charge in [-0.05, 0) is 63.3 Å². The lowest BCUT2D eigenvalue weighted by molar-refractivity contribution is 0.332. The zero-order valence-electron chi connectivity index (χ0n) is 12.8. The van der Waals surface area contributed by atoms with Crippen LogP contribution < -0.4 is 5.32 Å². The van der Waals surface area contributed by atoms with Crippen LogP contribution in [0.5, 0.6) is 0 Å². The van der Waals surface area contributed by atoms with Gasteiger partial charge in [0.25, 0.3) is 0 Å². The molecule has 2 fully saturated rings. The number of aryl methyl sites for hydroxylation is 2. The van der Waals surface area contributed by atoms with E-state index >= 15 is 0 Å². The van der Waals surface area contributed by atoms with Crippen LogP contribution in [0.15, 0.2) is 0 Å². The zero-order valence-corrected chi connectivity index (χ0v) is 13.6. The second-order valence-electron chi connectivity index (χ2n) is 6.73. The molecule has 3 rings (SSSR count). The maximum Gasteiger partial charge on any atom is 0.130 e. The van der Waals surface area contributed by atoms with Gasteiger partial charge in [-0.1, -0.05) is 18.5 Å². The van der Waals surface area contributed by atoms with Gasteiger partial charge in [0.1, 0.15) is 5.15 Å². The Labute approximate surface area is 127 Å². The topological polar surface area (TPSA) is 29.9 Å². The molecule has 0 aliphatic heterocycles. The molecule has 1 aromatic heterocycles. The van der Waals surface area contributed by atoms with Gasteiger partial charge in [0.15, 0.2) is 0 Å². The van der Waals surface area contributed by atoms with Crippen LogP contribution in [0.4, 0.5) is 0 Å². The van der Waals surface area contributed by atoms with Gasteiger partial charge in [-0.3, -0.25) is 4.68 Å². The van der Waals surface area contributed by atoms with Crippen LogP contribution in [0.25, 0.3) is 0 Å². The van der Waals surface area contributed by atoms with Crippen LogP contribution in [0.2, 0.25) is 5.15 Å². The first-order valence-electron chi connectivity index (χ1n) is 8.01. The van der Waals surface area contributed by atoms with E-state index in [1.807, 2.05) is 7.05 Å². The Balaban J connectivity index is 1.71. The minimum absolute atomic E-state index is 0.572. The van der Waals surface area contributed by atoms with E-state index in [0.29, 0.717) is 6.04 Å². The first-order valence-corrected chi connectivity index (χ1v) is 8.39. The molecule has 2 aliphatic carbocycles. The molecule has 2 aliphatic rings. The van der Waals surface area contributed by atoms with Crippen LogP contribution in [0.3, 0.4) is 0 Å². The highest BCUT2D eigenvalue weighted by Crippen LogP contribution is 2.55. The van der Waals surface area contributed by atoms with Crippen molar-refractivity contribution in [2.45, 2.75) is 52.0 Å². The number of nitrogens with one attached hydrogen (secondary N) is 1. The number of nitrogens with zero attached hydrogens (tertiary/aromatic N) is 2. The van der Waals surface area contributed by atoms with E-state index in [0.717, 1.165) is 41.6 Å². The van der Waals surface area contributed by atoms with Gasteiger partial charge in [-0.15, -0.1) is 0 Å². The van der Waals surface area contributed by atoms with Crippen molar-refractivity contribution in [2.75, 3.05) is 6.54 Å². The van der Waals surface area contributed by atoms with Crippen molar-refractivity contribution in [1.29, 1.82) is 0 Å². The SMILES string of the molecule is CCCNC(Cc1c(C)nn(C)c1Cl)C1CC2CC2C1. The van der Waals surface area contributed by atoms with Crippen molar-refractivity contribution >= 4 is 11.6 Å². The highest BCUT2D eigenvalue weighted by Gasteiger charge is 2.47. The Bertz CT molecular complexity index is 472. The van der Waals surface area contributed by atoms with E-state index in [1.54, 1.807) is 4.68 Å². The second-order valence-corrected chi connectivity index (χ2v) is 7.09. The predicted octanol–water partition coefficient (Wildman–Crippen LogP) is 3.34. The third-order valence-corrected chi connectivity index (χ3v) is 5.67. The minimum Gasteiger partial charge on any atom is -0.313 e. The molecule has 0 saturated heterocycles. The molecule has 112 valence electrons. The van der Waals surface area contributed by atoms with Crippen molar-refractivity contribution in [1.82, 2.24) is 15.1 Å². The average Bonchev–Trinajstić information content (AvgIpc) is 2.96. The zero-order chi connectivity index (χ0) is 14.3. The fourth-order valence-electron chi connectivity index (χ4n) is 3.95. The van der Waals surface area contributed by atoms with Crippen molar-refractivity contribution in [3.63, 3.8) is 0 Å². The maximum atomic E-state index is 6.41. The monoisotopic (exact) mass is 295 g/mol. The number of aromatic nitrogens is 2. The van der Waals surface area contributed by atoms with Crippen molar-refractivity contribution < 1.29 is 0 Å². The molecule has 0 amide bonds. The predicted molar refractivity (Wildman–Crippen MR) is 83.1 cm³/mol. The normalized spacial score (nSPS) is 29.5. The Kier molecular flexibility index (Phi) is 4.09. The summed E-state index contributed by atoms with van der Waals surface area (Å²) in [5.74, 6) is 2.91. The minimum atomic E-state index is 0.572. The van der Waals surface area contributed by atoms with Gasteiger partial charge in [0.05, 0.1) is 5.69 Å². The lowest BCUT2D eigenvalue weighted by atomic mass is 9.89. The molecular weight excluding hydrogens is 270 g/mol. The van der Waals surface area contributed by atoms with Gasteiger partial charge in [0, 0.05) is 18.7 Å². The van der Waals surface area contributed by atoms with Crippen LogP contribution in [0.1, 0.15) is 43.9 Å². The molecule has 1 aromatic rings. The number of hydrogen-bond acceptors (Lipinski definition) is 2. The summed E-state index contributed by atoms with van der Waals surface area (Å²) in [6.45, 7) is 5.41. The average molecular weight is 296 g/mol. The first kappa shape index (κ1) is 14.4. The van der Waals surface area contributed by atoms with E-state index in [2.05, 4.69) is 24.3 Å². The summed E-state index contributed by atoms with van der Waals surface area (Å²) >= 11 is 6.41. The summed E-state index contributed by atoms with van der Waals surface area (Å²) in [5, 5.41) is 9.03. The third kappa shape index (κ3) is 2.75. The van der Waals surface area contributed by atoms with E-state index in [4.69, 9.17) is 11.6 Å². The van der Waals surface area contributed by atoms with Crippen LogP contribution >= 0.6 is 11.6 Å². The Hall–Kier alpha value is -0.540. The fourth-order valence-corrected chi connectivity index (χ4v) is 4.20. The molecule has 20 heavy (non-hydrogen) atoms. The molecule has 3 atom stereocenters. The van der Waals surface area contributed by atoms with E-state index in [9.17, 15) is 0 Å². The molecule has 0 bridgehead atoms. The van der Waals surface area contributed by atoms with Crippen LogP contribution in [-0.4, -0.2) is 22.4 Å². The first-order chi connectivity index (χ1) is 9.60. The third-order valence-electron chi connectivity index (χ3n) is 5.20. The summed E-state index contributed by atoms with van der Waals surface area (Å²) < 4.78 is 1.80. The van der Waals surface area contributed by atoms with E-state index in [1.165, 1.54) is 31.2 Å². The molecule has 1 N–H and O–H groups in total. The summed E-state index contributed by atoms with van der Waals surface area (Å²) in [5.41, 5.74) is 2.33. The van der Waals surface area contributed by atoms with Crippen molar-refractivity contribution in [3.8, 4) is 0 Å². The Morgan fingerprint density at radius 2 is 2.05 bits per heavy atom. The fraction of sp³-hybridized carbons (Fsp3) is 0.812. The van der Waals surface area contributed by atoms with Crippen molar-refractivity contribution in [3.05, 3.63) is 16.4 Å². The number of halogens is 1. The summed E-state index contributed by atoms with van der Waals surface area (Å²) in [6, 6.07) is 0.572. The second kappa shape index (κ2) is 5.69. The lowest BCUT2D eigenvalue weighted by Crippen LogP contribution is -2.38. The summed E-state index contributed by atoms with van der Waals surface area (Å²) in [4.78, 5) is 0. The molecule has 3 nitrogen and oxygen atoms in total. The lowest BCUT2D eigenvalue weighted by Gasteiger charge is -2.26. The largest absolute Gasteiger partial charge is 0.313 e. The quantitative estimate of drug-likeness (QED) is 0.872. The number of rotatable bonds is 6.